The molecule has 0 saturated carbocycles. The quantitative estimate of drug-likeness (QED) is 0.887. The highest BCUT2D eigenvalue weighted by Crippen LogP contribution is 2.18. The van der Waals surface area contributed by atoms with E-state index < -0.39 is 6.03 Å². The van der Waals surface area contributed by atoms with Crippen LogP contribution in [-0.4, -0.2) is 6.03 Å². The molecule has 5 heteroatoms. The second kappa shape index (κ2) is 5.86. The molecule has 0 aromatic heterocycles. The Morgan fingerprint density at radius 1 is 1.21 bits per heavy atom. The number of nitrogens with two attached hydrogens (primary N) is 1. The standard InChI is InChI=1S/C14H13FN2O2/c15-11-6-4-10(5-7-11)9-19-13-3-1-2-12(8-13)17-14(16)18/h1-8H,9H2,(H3,16,17,18). The minimum atomic E-state index is -0.629. The van der Waals surface area contributed by atoms with Gasteiger partial charge < -0.3 is 15.8 Å². The Morgan fingerprint density at radius 3 is 2.63 bits per heavy atom. The molecule has 98 valence electrons. The lowest BCUT2D eigenvalue weighted by atomic mass is 10.2. The number of primary amides is 1. The van der Waals surface area contributed by atoms with Crippen LogP contribution in [-0.2, 0) is 6.61 Å². The fourth-order valence-electron chi connectivity index (χ4n) is 1.55. The number of ether oxygens (including phenoxy) is 1. The lowest BCUT2D eigenvalue weighted by Crippen LogP contribution is -2.19. The van der Waals surface area contributed by atoms with Gasteiger partial charge in [-0.25, -0.2) is 9.18 Å². The minimum Gasteiger partial charge on any atom is -0.489 e. The van der Waals surface area contributed by atoms with E-state index in [1.165, 1.54) is 12.1 Å². The smallest absolute Gasteiger partial charge is 0.316 e. The first-order chi connectivity index (χ1) is 9.13. The summed E-state index contributed by atoms with van der Waals surface area (Å²) in [6.07, 6.45) is 0. The summed E-state index contributed by atoms with van der Waals surface area (Å²) in [5, 5.41) is 2.46. The van der Waals surface area contributed by atoms with Crippen LogP contribution < -0.4 is 15.8 Å². The fraction of sp³-hybridized carbons (Fsp3) is 0.0714. The second-order valence-electron chi connectivity index (χ2n) is 3.93. The molecule has 0 fully saturated rings. The van der Waals surface area contributed by atoms with E-state index in [1.807, 2.05) is 0 Å². The molecule has 2 aromatic rings. The van der Waals surface area contributed by atoms with Gasteiger partial charge in [0.25, 0.3) is 0 Å². The largest absolute Gasteiger partial charge is 0.489 e. The van der Waals surface area contributed by atoms with Gasteiger partial charge in [-0.3, -0.25) is 0 Å². The van der Waals surface area contributed by atoms with E-state index in [0.29, 0.717) is 18.0 Å². The molecule has 0 aliphatic carbocycles. The van der Waals surface area contributed by atoms with Crippen LogP contribution in [0.3, 0.4) is 0 Å². The molecule has 0 atom stereocenters. The van der Waals surface area contributed by atoms with Crippen LogP contribution in [0, 0.1) is 5.82 Å². The number of carbonyl (C=O) groups is 1. The van der Waals surface area contributed by atoms with Crippen LogP contribution in [0.2, 0.25) is 0 Å². The fourth-order valence-corrected chi connectivity index (χ4v) is 1.55. The summed E-state index contributed by atoms with van der Waals surface area (Å²) >= 11 is 0. The highest BCUT2D eigenvalue weighted by atomic mass is 19.1. The molecule has 4 nitrogen and oxygen atoms in total. The summed E-state index contributed by atoms with van der Waals surface area (Å²) in [6, 6.07) is 12.3. The number of carbonyl (C=O) groups excluding carboxylic acids is 1. The van der Waals surface area contributed by atoms with Gasteiger partial charge in [0, 0.05) is 11.8 Å². The number of hydrogen-bond acceptors (Lipinski definition) is 2. The van der Waals surface area contributed by atoms with Crippen molar-refractivity contribution in [1.29, 1.82) is 0 Å². The molecule has 0 heterocycles. The van der Waals surface area contributed by atoms with Gasteiger partial charge in [-0.15, -0.1) is 0 Å². The monoisotopic (exact) mass is 260 g/mol. The van der Waals surface area contributed by atoms with Gasteiger partial charge in [-0.05, 0) is 29.8 Å². The number of rotatable bonds is 4. The van der Waals surface area contributed by atoms with Crippen molar-refractivity contribution in [2.75, 3.05) is 5.32 Å². The number of amides is 2. The highest BCUT2D eigenvalue weighted by molar-refractivity contribution is 5.87. The highest BCUT2D eigenvalue weighted by Gasteiger charge is 2.00. The second-order valence-corrected chi connectivity index (χ2v) is 3.93. The first kappa shape index (κ1) is 12.9. The molecule has 19 heavy (non-hydrogen) atoms. The van der Waals surface area contributed by atoms with Gasteiger partial charge in [0.1, 0.15) is 18.2 Å². The maximum absolute atomic E-state index is 12.7. The van der Waals surface area contributed by atoms with Crippen LogP contribution >= 0.6 is 0 Å². The molecular weight excluding hydrogens is 247 g/mol. The molecule has 2 aromatic carbocycles. The third-order valence-corrected chi connectivity index (χ3v) is 2.42. The van der Waals surface area contributed by atoms with Crippen molar-refractivity contribution in [2.45, 2.75) is 6.61 Å². The zero-order valence-corrected chi connectivity index (χ0v) is 10.1. The van der Waals surface area contributed by atoms with E-state index in [9.17, 15) is 9.18 Å². The normalized spacial score (nSPS) is 9.95. The van der Waals surface area contributed by atoms with E-state index in [0.717, 1.165) is 5.56 Å². The molecule has 0 bridgehead atoms. The van der Waals surface area contributed by atoms with Crippen molar-refractivity contribution in [1.82, 2.24) is 0 Å². The number of hydrogen-bond donors (Lipinski definition) is 2. The summed E-state index contributed by atoms with van der Waals surface area (Å²) in [6.45, 7) is 0.320. The third-order valence-electron chi connectivity index (χ3n) is 2.42. The summed E-state index contributed by atoms with van der Waals surface area (Å²) in [5.74, 6) is 0.312. The Kier molecular flexibility index (Phi) is 3.97. The predicted molar refractivity (Wildman–Crippen MR) is 70.4 cm³/mol. The molecule has 0 saturated heterocycles. The van der Waals surface area contributed by atoms with E-state index >= 15 is 0 Å². The van der Waals surface area contributed by atoms with E-state index in [2.05, 4.69) is 5.32 Å². The maximum Gasteiger partial charge on any atom is 0.316 e. The number of urea groups is 1. The van der Waals surface area contributed by atoms with Gasteiger partial charge in [-0.1, -0.05) is 18.2 Å². The zero-order chi connectivity index (χ0) is 13.7. The van der Waals surface area contributed by atoms with E-state index in [-0.39, 0.29) is 5.82 Å². The van der Waals surface area contributed by atoms with E-state index in [4.69, 9.17) is 10.5 Å². The third kappa shape index (κ3) is 3.99. The number of benzene rings is 2. The average Bonchev–Trinajstić information content (AvgIpc) is 2.38. The molecule has 2 amide bonds. The summed E-state index contributed by atoms with van der Waals surface area (Å²) in [5.41, 5.74) is 6.44. The number of halogens is 1. The SMILES string of the molecule is NC(=O)Nc1cccc(OCc2ccc(F)cc2)c1. The Bertz CT molecular complexity index is 570. The number of anilines is 1. The summed E-state index contributed by atoms with van der Waals surface area (Å²) in [7, 11) is 0. The summed E-state index contributed by atoms with van der Waals surface area (Å²) < 4.78 is 18.3. The molecule has 0 aliphatic heterocycles. The van der Waals surface area contributed by atoms with Crippen LogP contribution in [0.1, 0.15) is 5.56 Å². The van der Waals surface area contributed by atoms with Gasteiger partial charge in [0.05, 0.1) is 0 Å². The lowest BCUT2D eigenvalue weighted by molar-refractivity contribution is 0.259. The van der Waals surface area contributed by atoms with Gasteiger partial charge in [0.15, 0.2) is 0 Å². The topological polar surface area (TPSA) is 64.4 Å². The van der Waals surface area contributed by atoms with Crippen molar-refractivity contribution in [3.05, 3.63) is 59.9 Å². The predicted octanol–water partition coefficient (Wildman–Crippen LogP) is 2.90. The van der Waals surface area contributed by atoms with Crippen LogP contribution in [0.25, 0.3) is 0 Å². The molecule has 0 unspecified atom stereocenters. The Hall–Kier alpha value is -2.56. The zero-order valence-electron chi connectivity index (χ0n) is 10.1. The minimum absolute atomic E-state index is 0.281. The van der Waals surface area contributed by atoms with Gasteiger partial charge in [-0.2, -0.15) is 0 Å². The van der Waals surface area contributed by atoms with Crippen molar-refractivity contribution >= 4 is 11.7 Å². The first-order valence-electron chi connectivity index (χ1n) is 5.67. The molecular formula is C14H13FN2O2. The number of nitrogens with one attached hydrogen (secondary N) is 1. The average molecular weight is 260 g/mol. The van der Waals surface area contributed by atoms with Crippen LogP contribution in [0.15, 0.2) is 48.5 Å². The Labute approximate surface area is 110 Å². The van der Waals surface area contributed by atoms with Gasteiger partial charge >= 0.3 is 6.03 Å². The van der Waals surface area contributed by atoms with Crippen molar-refractivity contribution in [2.24, 2.45) is 5.73 Å². The molecule has 0 spiro atoms. The van der Waals surface area contributed by atoms with Crippen LogP contribution in [0.4, 0.5) is 14.9 Å². The molecule has 0 radical (unpaired) electrons. The molecule has 2 rings (SSSR count). The maximum atomic E-state index is 12.7. The van der Waals surface area contributed by atoms with Crippen molar-refractivity contribution < 1.29 is 13.9 Å². The van der Waals surface area contributed by atoms with Crippen LogP contribution in [0.5, 0.6) is 5.75 Å². The Balaban J connectivity index is 1.99. The van der Waals surface area contributed by atoms with Gasteiger partial charge in [0.2, 0.25) is 0 Å². The lowest BCUT2D eigenvalue weighted by Gasteiger charge is -2.08. The summed E-state index contributed by atoms with van der Waals surface area (Å²) in [4.78, 5) is 10.7. The first-order valence-corrected chi connectivity index (χ1v) is 5.67. The molecule has 0 aliphatic rings. The molecule has 3 N–H and O–H groups in total. The Morgan fingerprint density at radius 2 is 1.95 bits per heavy atom. The van der Waals surface area contributed by atoms with E-state index in [1.54, 1.807) is 36.4 Å². The van der Waals surface area contributed by atoms with Crippen molar-refractivity contribution in [3.63, 3.8) is 0 Å². The van der Waals surface area contributed by atoms with Crippen molar-refractivity contribution in [3.8, 4) is 5.75 Å².